The normalized spacial score (nSPS) is 11.4. The van der Waals surface area contributed by atoms with Crippen molar-refractivity contribution < 1.29 is 22.6 Å². The maximum absolute atomic E-state index is 14.0. The van der Waals surface area contributed by atoms with Gasteiger partial charge in [0.25, 0.3) is 0 Å². The van der Waals surface area contributed by atoms with Gasteiger partial charge in [-0.25, -0.2) is 4.98 Å². The highest BCUT2D eigenvalue weighted by Crippen LogP contribution is 2.37. The Morgan fingerprint density at radius 1 is 0.711 bits per heavy atom. The Balaban J connectivity index is 1.33. The van der Waals surface area contributed by atoms with Gasteiger partial charge in [0.1, 0.15) is 6.61 Å². The van der Waals surface area contributed by atoms with E-state index in [1.807, 2.05) is 109 Å². The lowest BCUT2D eigenvalue weighted by Gasteiger charge is -2.17. The minimum Gasteiger partial charge on any atom is -0.493 e. The van der Waals surface area contributed by atoms with Gasteiger partial charge >= 0.3 is 6.18 Å². The second-order valence-electron chi connectivity index (χ2n) is 10.7. The van der Waals surface area contributed by atoms with Crippen LogP contribution in [0.5, 0.6) is 11.5 Å². The van der Waals surface area contributed by atoms with Crippen LogP contribution in [0.2, 0.25) is 0 Å². The molecule has 45 heavy (non-hydrogen) atoms. The van der Waals surface area contributed by atoms with Gasteiger partial charge in [-0.2, -0.15) is 13.2 Å². The molecule has 0 aliphatic heterocycles. The number of ether oxygens (including phenoxy) is 2. The third-order valence-corrected chi connectivity index (χ3v) is 7.59. The fourth-order valence-corrected chi connectivity index (χ4v) is 5.40. The monoisotopic (exact) mass is 604 g/mol. The van der Waals surface area contributed by atoms with Gasteiger partial charge in [0.15, 0.2) is 11.5 Å². The Labute approximate surface area is 260 Å². The van der Waals surface area contributed by atoms with Gasteiger partial charge < -0.3 is 14.8 Å². The smallest absolute Gasteiger partial charge is 0.418 e. The zero-order valence-electron chi connectivity index (χ0n) is 24.6. The van der Waals surface area contributed by atoms with Crippen LogP contribution in [0.15, 0.2) is 127 Å². The van der Waals surface area contributed by atoms with Crippen molar-refractivity contribution >= 4 is 16.6 Å². The molecular formula is C38H31F3N2O2. The molecule has 5 aromatic carbocycles. The molecule has 0 unspecified atom stereocenters. The molecule has 0 atom stereocenters. The van der Waals surface area contributed by atoms with Gasteiger partial charge in [-0.05, 0) is 53.4 Å². The minimum atomic E-state index is -4.52. The predicted molar refractivity (Wildman–Crippen MR) is 173 cm³/mol. The fraction of sp³-hybridized carbons (Fsp3) is 0.132. The Kier molecular flexibility index (Phi) is 8.69. The number of para-hydroxylation sites is 2. The number of rotatable bonds is 10. The number of alkyl halides is 3. The molecule has 6 rings (SSSR count). The minimum absolute atomic E-state index is 0.0632. The van der Waals surface area contributed by atoms with E-state index in [2.05, 4.69) is 10.3 Å². The highest BCUT2D eigenvalue weighted by Gasteiger charge is 2.33. The van der Waals surface area contributed by atoms with Crippen molar-refractivity contribution in [2.75, 3.05) is 12.4 Å². The Morgan fingerprint density at radius 3 is 2.16 bits per heavy atom. The van der Waals surface area contributed by atoms with Crippen molar-refractivity contribution in [1.29, 1.82) is 0 Å². The quantitative estimate of drug-likeness (QED) is 0.169. The highest BCUT2D eigenvalue weighted by atomic mass is 19.4. The molecule has 6 aromatic rings. The largest absolute Gasteiger partial charge is 0.493 e. The lowest BCUT2D eigenvalue weighted by Crippen LogP contribution is -2.08. The molecule has 0 saturated carbocycles. The van der Waals surface area contributed by atoms with Crippen molar-refractivity contribution in [1.82, 2.24) is 4.98 Å². The molecular weight excluding hydrogens is 573 g/mol. The van der Waals surface area contributed by atoms with Crippen molar-refractivity contribution in [3.8, 4) is 22.8 Å². The maximum atomic E-state index is 14.0. The maximum Gasteiger partial charge on any atom is 0.418 e. The van der Waals surface area contributed by atoms with Crippen LogP contribution in [0.25, 0.3) is 22.2 Å². The van der Waals surface area contributed by atoms with Gasteiger partial charge in [0.2, 0.25) is 0 Å². The lowest BCUT2D eigenvalue weighted by molar-refractivity contribution is -0.136. The first kappa shape index (κ1) is 29.8. The summed E-state index contributed by atoms with van der Waals surface area (Å²) in [6.45, 7) is 0.826. The van der Waals surface area contributed by atoms with Crippen LogP contribution in [0.3, 0.4) is 0 Å². The number of methoxy groups -OCH3 is 1. The molecule has 0 amide bonds. The Hall–Kier alpha value is -5.30. The molecule has 0 spiro atoms. The molecule has 1 aromatic heterocycles. The summed E-state index contributed by atoms with van der Waals surface area (Å²) in [5.41, 5.74) is 5.04. The average molecular weight is 605 g/mol. The van der Waals surface area contributed by atoms with Gasteiger partial charge in [0, 0.05) is 28.7 Å². The van der Waals surface area contributed by atoms with Gasteiger partial charge in [-0.3, -0.25) is 0 Å². The van der Waals surface area contributed by atoms with Crippen molar-refractivity contribution in [3.63, 3.8) is 0 Å². The molecule has 1 N–H and O–H groups in total. The molecule has 0 bridgehead atoms. The average Bonchev–Trinajstić information content (AvgIpc) is 3.06. The SMILES string of the molecule is COc1cccc(CNc2cccc(-c3nc4c(C(F)(F)F)cccc4cc3Cc3ccccc3)c2)c1OCc1ccccc1. The standard InChI is InChI=1S/C38H31F3N2O2/c1-44-34-20-10-17-30(37(34)45-25-27-13-6-3-7-14-27)24-42-32-18-8-15-29(23-32)35-31(21-26-11-4-2-5-12-26)22-28-16-9-19-33(36(28)43-35)38(39,40)41/h2-20,22-23,42H,21,24-25H2,1H3. The first-order chi connectivity index (χ1) is 21.9. The molecule has 7 heteroatoms. The first-order valence-corrected chi connectivity index (χ1v) is 14.6. The summed E-state index contributed by atoms with van der Waals surface area (Å²) in [7, 11) is 1.61. The third-order valence-electron chi connectivity index (χ3n) is 7.59. The molecule has 0 radical (unpaired) electrons. The van der Waals surface area contributed by atoms with Crippen molar-refractivity contribution in [3.05, 3.63) is 155 Å². The topological polar surface area (TPSA) is 43.4 Å². The summed E-state index contributed by atoms with van der Waals surface area (Å²) in [6, 6.07) is 39.1. The van der Waals surface area contributed by atoms with Crippen LogP contribution >= 0.6 is 0 Å². The predicted octanol–water partition coefficient (Wildman–Crippen LogP) is 9.71. The van der Waals surface area contributed by atoms with E-state index in [9.17, 15) is 13.2 Å². The number of nitrogens with zero attached hydrogens (tertiary/aromatic N) is 1. The molecule has 226 valence electrons. The summed E-state index contributed by atoms with van der Waals surface area (Å²) in [5, 5.41) is 3.91. The summed E-state index contributed by atoms with van der Waals surface area (Å²) >= 11 is 0. The van der Waals surface area contributed by atoms with E-state index < -0.39 is 11.7 Å². The van der Waals surface area contributed by atoms with E-state index in [1.54, 1.807) is 13.2 Å². The summed E-state index contributed by atoms with van der Waals surface area (Å²) in [5.74, 6) is 1.28. The summed E-state index contributed by atoms with van der Waals surface area (Å²) < 4.78 is 53.8. The second-order valence-corrected chi connectivity index (χ2v) is 10.7. The van der Waals surface area contributed by atoms with E-state index >= 15 is 0 Å². The van der Waals surface area contributed by atoms with Crippen LogP contribution in [-0.4, -0.2) is 12.1 Å². The number of nitrogens with one attached hydrogen (secondary N) is 1. The number of benzene rings is 5. The molecule has 0 aliphatic carbocycles. The van der Waals surface area contributed by atoms with Gasteiger partial charge in [-0.1, -0.05) is 97.1 Å². The van der Waals surface area contributed by atoms with E-state index in [1.165, 1.54) is 6.07 Å². The van der Waals surface area contributed by atoms with E-state index in [4.69, 9.17) is 9.47 Å². The van der Waals surface area contributed by atoms with Crippen LogP contribution < -0.4 is 14.8 Å². The Bertz CT molecular complexity index is 1910. The summed E-state index contributed by atoms with van der Waals surface area (Å²) in [4.78, 5) is 4.67. The number of anilines is 1. The second kappa shape index (κ2) is 13.1. The zero-order chi connectivity index (χ0) is 31.2. The fourth-order valence-electron chi connectivity index (χ4n) is 5.40. The highest BCUT2D eigenvalue weighted by molar-refractivity contribution is 5.87. The number of fused-ring (bicyclic) bond motifs is 1. The van der Waals surface area contributed by atoms with Crippen LogP contribution in [-0.2, 0) is 25.7 Å². The number of pyridine rings is 1. The van der Waals surface area contributed by atoms with E-state index in [0.717, 1.165) is 39.6 Å². The molecule has 0 saturated heterocycles. The molecule has 0 fully saturated rings. The number of hydrogen-bond acceptors (Lipinski definition) is 4. The van der Waals surface area contributed by atoms with Crippen LogP contribution in [0.1, 0.15) is 27.8 Å². The number of halogens is 3. The van der Waals surface area contributed by atoms with Crippen molar-refractivity contribution in [2.45, 2.75) is 25.7 Å². The van der Waals surface area contributed by atoms with Gasteiger partial charge in [0.05, 0.1) is 23.9 Å². The zero-order valence-corrected chi connectivity index (χ0v) is 24.6. The number of aromatic nitrogens is 1. The number of hydrogen-bond donors (Lipinski definition) is 1. The van der Waals surface area contributed by atoms with Crippen molar-refractivity contribution in [2.24, 2.45) is 0 Å². The first-order valence-electron chi connectivity index (χ1n) is 14.6. The molecule has 1 heterocycles. The lowest BCUT2D eigenvalue weighted by atomic mass is 9.96. The van der Waals surface area contributed by atoms with Crippen LogP contribution in [0.4, 0.5) is 18.9 Å². The Morgan fingerprint density at radius 2 is 1.42 bits per heavy atom. The molecule has 4 nitrogen and oxygen atoms in total. The summed E-state index contributed by atoms with van der Waals surface area (Å²) in [6.07, 6.45) is -4.00. The molecule has 0 aliphatic rings. The van der Waals surface area contributed by atoms with Gasteiger partial charge in [-0.15, -0.1) is 0 Å². The van der Waals surface area contributed by atoms with E-state index in [0.29, 0.717) is 42.2 Å². The van der Waals surface area contributed by atoms with E-state index in [-0.39, 0.29) is 5.52 Å². The third kappa shape index (κ3) is 6.93. The van der Waals surface area contributed by atoms with Crippen LogP contribution in [0, 0.1) is 0 Å².